The molecule has 0 aliphatic carbocycles. The van der Waals surface area contributed by atoms with Gasteiger partial charge in [0.05, 0.1) is 0 Å². The highest BCUT2D eigenvalue weighted by Gasteiger charge is 2.14. The molecular weight excluding hydrogens is 196 g/mol. The van der Waals surface area contributed by atoms with Gasteiger partial charge in [0.15, 0.2) is 0 Å². The second-order valence-corrected chi connectivity index (χ2v) is 2.18. The van der Waals surface area contributed by atoms with Crippen molar-refractivity contribution in [3.05, 3.63) is 50.9 Å². The van der Waals surface area contributed by atoms with Gasteiger partial charge in [-0.15, -0.1) is 4.94 Å². The molecule has 80 valence electrons. The molecule has 0 atom stereocenters. The minimum atomic E-state index is -0.561. The Kier molecular flexibility index (Phi) is 5.43. The summed E-state index contributed by atoms with van der Waals surface area (Å²) >= 11 is 0. The van der Waals surface area contributed by atoms with E-state index in [9.17, 15) is 9.59 Å². The van der Waals surface area contributed by atoms with Crippen molar-refractivity contribution >= 4 is 11.8 Å². The second-order valence-electron chi connectivity index (χ2n) is 2.18. The minimum absolute atomic E-state index is 0.561. The van der Waals surface area contributed by atoms with Gasteiger partial charge >= 0.3 is 0 Å². The van der Waals surface area contributed by atoms with Crippen molar-refractivity contribution in [2.24, 2.45) is 0 Å². The van der Waals surface area contributed by atoms with Gasteiger partial charge in [-0.05, 0) is 12.2 Å². The second kappa shape index (κ2) is 6.33. The molecule has 0 heterocycles. The van der Waals surface area contributed by atoms with Crippen LogP contribution in [0.5, 0.6) is 0 Å². The number of amides is 2. The van der Waals surface area contributed by atoms with Crippen molar-refractivity contribution in [3.63, 3.8) is 0 Å². The number of carbonyl (C=O) groups excluding carboxylic acids is 2. The molecule has 5 heteroatoms. The van der Waals surface area contributed by atoms with Gasteiger partial charge in [-0.25, -0.2) is 0 Å². The predicted molar refractivity (Wildman–Crippen MR) is 55.6 cm³/mol. The summed E-state index contributed by atoms with van der Waals surface area (Å²) in [5, 5.41) is 1.46. The number of hydroxylamine groups is 4. The molecule has 15 heavy (non-hydrogen) atoms. The van der Waals surface area contributed by atoms with E-state index in [-0.39, 0.29) is 0 Å². The molecule has 0 aliphatic rings. The molecule has 0 aliphatic heterocycles. The molecule has 0 bridgehead atoms. The number of hydrogen-bond acceptors (Lipinski definition) is 3. The lowest BCUT2D eigenvalue weighted by Gasteiger charge is -2.21. The standard InChI is InChI=1S/C10H12N2O3/c1-5-9(13)11(7-3)15-12(8-4)10(14)6-2/h5-8H,1-4H2. The van der Waals surface area contributed by atoms with Crippen molar-refractivity contribution in [2.75, 3.05) is 0 Å². The van der Waals surface area contributed by atoms with Gasteiger partial charge in [-0.3, -0.25) is 9.59 Å². The Morgan fingerprint density at radius 3 is 1.40 bits per heavy atom. The molecule has 0 saturated carbocycles. The maximum atomic E-state index is 11.1. The van der Waals surface area contributed by atoms with E-state index >= 15 is 0 Å². The fourth-order valence-electron chi connectivity index (χ4n) is 0.602. The first-order chi connectivity index (χ1) is 7.10. The lowest BCUT2D eigenvalue weighted by molar-refractivity contribution is -0.255. The van der Waals surface area contributed by atoms with Gasteiger partial charge in [0, 0.05) is 12.4 Å². The maximum Gasteiger partial charge on any atom is 0.275 e. The van der Waals surface area contributed by atoms with E-state index in [1.165, 1.54) is 0 Å². The first-order valence-electron chi connectivity index (χ1n) is 3.95. The van der Waals surface area contributed by atoms with Crippen molar-refractivity contribution in [1.29, 1.82) is 0 Å². The summed E-state index contributed by atoms with van der Waals surface area (Å²) in [5.41, 5.74) is 0. The molecule has 0 N–H and O–H groups in total. The topological polar surface area (TPSA) is 49.9 Å². The first kappa shape index (κ1) is 12.9. The van der Waals surface area contributed by atoms with Crippen molar-refractivity contribution in [1.82, 2.24) is 10.1 Å². The molecule has 5 nitrogen and oxygen atoms in total. The lowest BCUT2D eigenvalue weighted by atomic mass is 10.6. The smallest absolute Gasteiger partial charge is 0.267 e. The van der Waals surface area contributed by atoms with Crippen LogP contribution in [0.15, 0.2) is 50.9 Å². The Morgan fingerprint density at radius 2 is 1.20 bits per heavy atom. The average Bonchev–Trinajstić information content (AvgIpc) is 2.28. The van der Waals surface area contributed by atoms with Crippen LogP contribution >= 0.6 is 0 Å². The zero-order chi connectivity index (χ0) is 11.8. The van der Waals surface area contributed by atoms with Crippen LogP contribution in [0.25, 0.3) is 0 Å². The molecule has 2 amide bonds. The van der Waals surface area contributed by atoms with Crippen LogP contribution in [0, 0.1) is 0 Å². The molecule has 0 aromatic heterocycles. The van der Waals surface area contributed by atoms with Gasteiger partial charge in [0.1, 0.15) is 0 Å². The SMILES string of the molecule is C=CC(=O)N(C=C)ON(C=C)C(=O)C=C. The molecule has 0 radical (unpaired) electrons. The Labute approximate surface area is 88.1 Å². The van der Waals surface area contributed by atoms with Crippen molar-refractivity contribution < 1.29 is 14.5 Å². The third-order valence-electron chi connectivity index (χ3n) is 1.29. The molecule has 0 aromatic carbocycles. The predicted octanol–water partition coefficient (Wildman–Crippen LogP) is 1.15. The fraction of sp³-hybridized carbons (Fsp3) is 0. The maximum absolute atomic E-state index is 11.1. The van der Waals surface area contributed by atoms with Crippen LogP contribution in [0.1, 0.15) is 0 Å². The molecule has 0 saturated heterocycles. The highest BCUT2D eigenvalue weighted by Crippen LogP contribution is 2.01. The Morgan fingerprint density at radius 1 is 0.867 bits per heavy atom. The van der Waals surface area contributed by atoms with E-state index in [0.717, 1.165) is 34.7 Å². The highest BCUT2D eigenvalue weighted by molar-refractivity contribution is 5.88. The summed E-state index contributed by atoms with van der Waals surface area (Å²) in [7, 11) is 0. The van der Waals surface area contributed by atoms with Crippen LogP contribution in [0.2, 0.25) is 0 Å². The van der Waals surface area contributed by atoms with Crippen LogP contribution < -0.4 is 0 Å². The number of rotatable bonds is 6. The van der Waals surface area contributed by atoms with E-state index in [1.807, 2.05) is 0 Å². The number of carbonyl (C=O) groups is 2. The minimum Gasteiger partial charge on any atom is -0.267 e. The largest absolute Gasteiger partial charge is 0.275 e. The van der Waals surface area contributed by atoms with E-state index in [2.05, 4.69) is 26.3 Å². The van der Waals surface area contributed by atoms with Crippen LogP contribution in [-0.2, 0) is 14.5 Å². The van der Waals surface area contributed by atoms with Gasteiger partial charge < -0.3 is 0 Å². The average molecular weight is 208 g/mol. The number of hydrogen-bond donors (Lipinski definition) is 0. The molecule has 0 rings (SSSR count). The Bertz CT molecular complexity index is 280. The summed E-state index contributed by atoms with van der Waals surface area (Å²) < 4.78 is 0. The quantitative estimate of drug-likeness (QED) is 0.486. The van der Waals surface area contributed by atoms with Gasteiger partial charge in [0.2, 0.25) is 0 Å². The van der Waals surface area contributed by atoms with Crippen molar-refractivity contribution in [3.8, 4) is 0 Å². The molecule has 0 aromatic rings. The van der Waals surface area contributed by atoms with Crippen LogP contribution in [-0.4, -0.2) is 21.9 Å². The van der Waals surface area contributed by atoms with Gasteiger partial charge in [0.25, 0.3) is 11.8 Å². The van der Waals surface area contributed by atoms with Crippen LogP contribution in [0.3, 0.4) is 0 Å². The summed E-state index contributed by atoms with van der Waals surface area (Å²) in [6.45, 7) is 13.2. The third kappa shape index (κ3) is 3.61. The normalized spacial score (nSPS) is 8.53. The van der Waals surface area contributed by atoms with E-state index in [4.69, 9.17) is 4.94 Å². The third-order valence-corrected chi connectivity index (χ3v) is 1.29. The summed E-state index contributed by atoms with van der Waals surface area (Å²) in [6, 6.07) is 0. The summed E-state index contributed by atoms with van der Waals surface area (Å²) in [5.74, 6) is -1.12. The highest BCUT2D eigenvalue weighted by atomic mass is 16.8. The molecule has 0 spiro atoms. The molecular formula is C10H12N2O3. The number of nitrogens with zero attached hydrogens (tertiary/aromatic N) is 2. The Hall–Kier alpha value is -2.14. The van der Waals surface area contributed by atoms with E-state index in [1.54, 1.807) is 0 Å². The van der Waals surface area contributed by atoms with Gasteiger partial charge in [-0.2, -0.15) is 10.1 Å². The van der Waals surface area contributed by atoms with E-state index in [0.29, 0.717) is 0 Å². The fourth-order valence-corrected chi connectivity index (χ4v) is 0.602. The first-order valence-corrected chi connectivity index (χ1v) is 3.95. The summed E-state index contributed by atoms with van der Waals surface area (Å²) in [4.78, 5) is 27.1. The zero-order valence-electron chi connectivity index (χ0n) is 8.26. The monoisotopic (exact) mass is 208 g/mol. The molecule has 0 fully saturated rings. The Balaban J connectivity index is 4.63. The lowest BCUT2D eigenvalue weighted by Crippen LogP contribution is -2.34. The molecule has 0 unspecified atom stereocenters. The van der Waals surface area contributed by atoms with E-state index < -0.39 is 11.8 Å². The zero-order valence-corrected chi connectivity index (χ0v) is 8.26. The summed E-state index contributed by atoms with van der Waals surface area (Å²) in [6.07, 6.45) is 4.22. The van der Waals surface area contributed by atoms with Crippen molar-refractivity contribution in [2.45, 2.75) is 0 Å². The van der Waals surface area contributed by atoms with Gasteiger partial charge in [-0.1, -0.05) is 26.3 Å². The van der Waals surface area contributed by atoms with Crippen LogP contribution in [0.4, 0.5) is 0 Å².